The second kappa shape index (κ2) is 5.24. The van der Waals surface area contributed by atoms with E-state index in [-0.39, 0.29) is 18.2 Å². The number of hydrogen-bond acceptors (Lipinski definition) is 4. The maximum Gasteiger partial charge on any atom is 0.246 e. The molecule has 106 valence electrons. The quantitative estimate of drug-likeness (QED) is 0.794. The predicted molar refractivity (Wildman–Crippen MR) is 77.6 cm³/mol. The highest BCUT2D eigenvalue weighted by Gasteiger charge is 2.11. The van der Waals surface area contributed by atoms with Crippen molar-refractivity contribution in [2.24, 2.45) is 0 Å². The lowest BCUT2D eigenvalue weighted by Gasteiger charge is -2.08. The van der Waals surface area contributed by atoms with Gasteiger partial charge in [-0.2, -0.15) is 5.10 Å². The Bertz CT molecular complexity index is 661. The zero-order valence-electron chi connectivity index (χ0n) is 11.8. The lowest BCUT2D eigenvalue weighted by molar-refractivity contribution is -0.116. The number of aryl methyl sites for hydroxylation is 2. The van der Waals surface area contributed by atoms with Crippen LogP contribution in [-0.4, -0.2) is 20.8 Å². The van der Waals surface area contributed by atoms with Gasteiger partial charge in [0.25, 0.3) is 0 Å². The highest BCUT2D eigenvalue weighted by Crippen LogP contribution is 2.21. The summed E-state index contributed by atoms with van der Waals surface area (Å²) < 4.78 is 1.56. The van der Waals surface area contributed by atoms with Crippen LogP contribution in [-0.2, 0) is 11.3 Å². The minimum Gasteiger partial charge on any atom is -0.508 e. The lowest BCUT2D eigenvalue weighted by Crippen LogP contribution is -2.20. The Morgan fingerprint density at radius 1 is 1.40 bits per heavy atom. The molecule has 2 rings (SSSR count). The number of carbonyl (C=O) groups excluding carboxylic acids is 1. The van der Waals surface area contributed by atoms with Crippen molar-refractivity contribution in [1.82, 2.24) is 9.78 Å². The third-order valence-corrected chi connectivity index (χ3v) is 3.22. The van der Waals surface area contributed by atoms with Crippen LogP contribution in [0.3, 0.4) is 0 Å². The fourth-order valence-electron chi connectivity index (χ4n) is 1.89. The number of phenols is 1. The number of rotatable bonds is 3. The molecule has 0 fully saturated rings. The van der Waals surface area contributed by atoms with Crippen molar-refractivity contribution in [3.05, 3.63) is 35.2 Å². The molecule has 0 aliphatic rings. The van der Waals surface area contributed by atoms with E-state index in [1.165, 1.54) is 6.07 Å². The summed E-state index contributed by atoms with van der Waals surface area (Å²) in [5, 5.41) is 16.5. The first-order chi connectivity index (χ1) is 9.38. The van der Waals surface area contributed by atoms with Gasteiger partial charge in [0.1, 0.15) is 12.3 Å². The van der Waals surface area contributed by atoms with Crippen molar-refractivity contribution in [3.8, 4) is 5.75 Å². The summed E-state index contributed by atoms with van der Waals surface area (Å²) in [6.07, 6.45) is 0. The maximum atomic E-state index is 12.0. The molecule has 0 bridgehead atoms. The number of nitrogens with two attached hydrogens (primary N) is 1. The van der Waals surface area contributed by atoms with Crippen molar-refractivity contribution in [2.45, 2.75) is 27.3 Å². The summed E-state index contributed by atoms with van der Waals surface area (Å²) in [6, 6.07) is 5.00. The van der Waals surface area contributed by atoms with Gasteiger partial charge in [-0.15, -0.1) is 0 Å². The van der Waals surface area contributed by atoms with Gasteiger partial charge >= 0.3 is 0 Å². The predicted octanol–water partition coefficient (Wildman–Crippen LogP) is 1.73. The molecular formula is C14H18N4O2. The minimum atomic E-state index is -0.223. The molecule has 1 heterocycles. The summed E-state index contributed by atoms with van der Waals surface area (Å²) in [7, 11) is 0. The van der Waals surface area contributed by atoms with Crippen LogP contribution in [0.5, 0.6) is 5.75 Å². The van der Waals surface area contributed by atoms with Gasteiger partial charge in [-0.25, -0.2) is 0 Å². The van der Waals surface area contributed by atoms with Gasteiger partial charge in [0.15, 0.2) is 0 Å². The Kier molecular flexibility index (Phi) is 3.65. The number of anilines is 2. The molecule has 1 aromatic carbocycles. The zero-order valence-corrected chi connectivity index (χ0v) is 11.8. The van der Waals surface area contributed by atoms with Crippen LogP contribution in [0.2, 0.25) is 0 Å². The zero-order chi connectivity index (χ0) is 14.9. The molecule has 0 aliphatic carbocycles. The number of amides is 1. The number of aromatic hydroxyl groups is 1. The summed E-state index contributed by atoms with van der Waals surface area (Å²) in [5.74, 6) is -0.0722. The monoisotopic (exact) mass is 274 g/mol. The number of phenolic OH excluding ortho intramolecular Hbond substituents is 1. The summed E-state index contributed by atoms with van der Waals surface area (Å²) in [5.41, 5.74) is 9.21. The fourth-order valence-corrected chi connectivity index (χ4v) is 1.89. The number of benzene rings is 1. The van der Waals surface area contributed by atoms with E-state index < -0.39 is 0 Å². The van der Waals surface area contributed by atoms with Gasteiger partial charge in [-0.3, -0.25) is 9.48 Å². The fraction of sp³-hybridized carbons (Fsp3) is 0.286. The average Bonchev–Trinajstić information content (AvgIpc) is 2.61. The molecule has 6 heteroatoms. The first-order valence-electron chi connectivity index (χ1n) is 6.27. The summed E-state index contributed by atoms with van der Waals surface area (Å²) in [6.45, 7) is 5.49. The number of nitrogens with zero attached hydrogens (tertiary/aromatic N) is 2. The molecule has 2 aromatic rings. The van der Waals surface area contributed by atoms with Gasteiger partial charge in [-0.1, -0.05) is 6.07 Å². The Morgan fingerprint density at radius 2 is 2.10 bits per heavy atom. The number of hydrogen-bond donors (Lipinski definition) is 3. The molecule has 0 unspecified atom stereocenters. The topological polar surface area (TPSA) is 93.2 Å². The molecule has 0 saturated heterocycles. The maximum absolute atomic E-state index is 12.0. The number of carbonyl (C=O) groups is 1. The van der Waals surface area contributed by atoms with E-state index >= 15 is 0 Å². The Balaban J connectivity index is 2.09. The normalized spacial score (nSPS) is 10.6. The Hall–Kier alpha value is -2.50. The molecule has 4 N–H and O–H groups in total. The minimum absolute atomic E-state index is 0.0819. The van der Waals surface area contributed by atoms with Crippen molar-refractivity contribution >= 4 is 17.3 Å². The molecule has 20 heavy (non-hydrogen) atoms. The molecular weight excluding hydrogens is 256 g/mol. The number of aromatic nitrogens is 2. The second-order valence-corrected chi connectivity index (χ2v) is 4.79. The highest BCUT2D eigenvalue weighted by atomic mass is 16.3. The highest BCUT2D eigenvalue weighted by molar-refractivity contribution is 5.90. The molecule has 1 aromatic heterocycles. The van der Waals surface area contributed by atoms with E-state index in [0.29, 0.717) is 17.1 Å². The molecule has 0 aliphatic heterocycles. The molecule has 0 saturated carbocycles. The van der Waals surface area contributed by atoms with Crippen molar-refractivity contribution in [2.75, 3.05) is 11.1 Å². The van der Waals surface area contributed by atoms with Gasteiger partial charge in [0, 0.05) is 11.8 Å². The van der Waals surface area contributed by atoms with E-state index in [0.717, 1.165) is 11.3 Å². The van der Waals surface area contributed by atoms with Crippen LogP contribution in [0.4, 0.5) is 11.4 Å². The van der Waals surface area contributed by atoms with Gasteiger partial charge in [-0.05, 0) is 32.4 Å². The smallest absolute Gasteiger partial charge is 0.246 e. The van der Waals surface area contributed by atoms with Gasteiger partial charge < -0.3 is 16.2 Å². The third-order valence-electron chi connectivity index (χ3n) is 3.22. The van der Waals surface area contributed by atoms with Crippen LogP contribution in [0, 0.1) is 20.8 Å². The van der Waals surface area contributed by atoms with E-state index in [1.807, 2.05) is 6.92 Å². The number of nitrogen functional groups attached to an aromatic ring is 1. The molecule has 0 radical (unpaired) electrons. The molecule has 0 spiro atoms. The van der Waals surface area contributed by atoms with Crippen molar-refractivity contribution < 1.29 is 9.90 Å². The SMILES string of the molecule is Cc1ccc(NC(=O)Cn2nc(C)c(N)c2C)cc1O. The van der Waals surface area contributed by atoms with E-state index in [1.54, 1.807) is 30.7 Å². The van der Waals surface area contributed by atoms with Gasteiger partial charge in [0.2, 0.25) is 5.91 Å². The van der Waals surface area contributed by atoms with E-state index in [2.05, 4.69) is 10.4 Å². The molecule has 0 atom stereocenters. The molecule has 1 amide bonds. The van der Waals surface area contributed by atoms with E-state index in [4.69, 9.17) is 5.73 Å². The second-order valence-electron chi connectivity index (χ2n) is 4.79. The van der Waals surface area contributed by atoms with Crippen molar-refractivity contribution in [3.63, 3.8) is 0 Å². The first kappa shape index (κ1) is 13.9. The largest absolute Gasteiger partial charge is 0.508 e. The van der Waals surface area contributed by atoms with Crippen LogP contribution in [0.15, 0.2) is 18.2 Å². The standard InChI is InChI=1S/C14H18N4O2/c1-8-4-5-11(6-12(8)19)16-13(20)7-18-10(3)14(15)9(2)17-18/h4-6,19H,7,15H2,1-3H3,(H,16,20). The molecule has 6 nitrogen and oxygen atoms in total. The first-order valence-corrected chi connectivity index (χ1v) is 6.27. The summed E-state index contributed by atoms with van der Waals surface area (Å²) >= 11 is 0. The average molecular weight is 274 g/mol. The summed E-state index contributed by atoms with van der Waals surface area (Å²) in [4.78, 5) is 12.0. The van der Waals surface area contributed by atoms with Crippen LogP contribution < -0.4 is 11.1 Å². The van der Waals surface area contributed by atoms with Crippen LogP contribution in [0.25, 0.3) is 0 Å². The van der Waals surface area contributed by atoms with E-state index in [9.17, 15) is 9.90 Å². The third kappa shape index (κ3) is 2.74. The Morgan fingerprint density at radius 3 is 2.65 bits per heavy atom. The van der Waals surface area contributed by atoms with Crippen LogP contribution in [0.1, 0.15) is 17.0 Å². The van der Waals surface area contributed by atoms with Crippen LogP contribution >= 0.6 is 0 Å². The number of nitrogens with one attached hydrogen (secondary N) is 1. The Labute approximate surface area is 117 Å². The lowest BCUT2D eigenvalue weighted by atomic mass is 10.2. The van der Waals surface area contributed by atoms with Gasteiger partial charge in [0.05, 0.1) is 17.1 Å². The van der Waals surface area contributed by atoms with Crippen molar-refractivity contribution in [1.29, 1.82) is 0 Å².